The molecule has 0 N–H and O–H groups in total. The number of fused-ring (bicyclic) bond motifs is 6. The van der Waals surface area contributed by atoms with Crippen molar-refractivity contribution < 1.29 is 4.42 Å². The first kappa shape index (κ1) is 19.0. The molecule has 34 heavy (non-hydrogen) atoms. The number of hydrogen-bond acceptors (Lipinski definition) is 2. The fourth-order valence-corrected chi connectivity index (χ4v) is 4.98. The van der Waals surface area contributed by atoms with Crippen LogP contribution in [-0.4, -0.2) is 0 Å². The minimum Gasteiger partial charge on any atom is -0.455 e. The van der Waals surface area contributed by atoms with Crippen molar-refractivity contribution in [3.63, 3.8) is 0 Å². The third-order valence-corrected chi connectivity index (χ3v) is 6.61. The highest BCUT2D eigenvalue weighted by Crippen LogP contribution is 2.39. The van der Waals surface area contributed by atoms with E-state index >= 15 is 0 Å². The zero-order chi connectivity index (χ0) is 22.5. The molecule has 0 aliphatic heterocycles. The second kappa shape index (κ2) is 7.50. The molecule has 0 aliphatic carbocycles. The predicted molar refractivity (Wildman–Crippen MR) is 143 cm³/mol. The van der Waals surface area contributed by atoms with E-state index in [-0.39, 0.29) is 0 Å². The average Bonchev–Trinajstić information content (AvgIpc) is 3.28. The van der Waals surface area contributed by atoms with Gasteiger partial charge in [-0.1, -0.05) is 72.8 Å². The summed E-state index contributed by atoms with van der Waals surface area (Å²) in [4.78, 5) is 2.31. The van der Waals surface area contributed by atoms with Crippen LogP contribution in [0.4, 0.5) is 17.1 Å². The Morgan fingerprint density at radius 2 is 1.06 bits per heavy atom. The van der Waals surface area contributed by atoms with Crippen LogP contribution in [0, 0.1) is 0 Å². The summed E-state index contributed by atoms with van der Waals surface area (Å²) in [5.41, 5.74) is 5.25. The predicted octanol–water partition coefficient (Wildman–Crippen LogP) is 9.36. The first-order valence-corrected chi connectivity index (χ1v) is 11.5. The van der Waals surface area contributed by atoms with Crippen LogP contribution in [0.2, 0.25) is 0 Å². The fraction of sp³-hybridized carbons (Fsp3) is 0. The van der Waals surface area contributed by atoms with Gasteiger partial charge in [0, 0.05) is 33.2 Å². The number of furan rings is 1. The van der Waals surface area contributed by atoms with Crippen molar-refractivity contribution in [2.45, 2.75) is 0 Å². The van der Waals surface area contributed by atoms with Gasteiger partial charge in [-0.25, -0.2) is 0 Å². The van der Waals surface area contributed by atoms with E-state index in [9.17, 15) is 0 Å². The Morgan fingerprint density at radius 1 is 0.412 bits per heavy atom. The monoisotopic (exact) mass is 435 g/mol. The van der Waals surface area contributed by atoms with E-state index in [0.717, 1.165) is 49.8 Å². The molecule has 1 heterocycles. The molecule has 0 radical (unpaired) electrons. The number of hydrogen-bond donors (Lipinski definition) is 0. The maximum atomic E-state index is 6.27. The lowest BCUT2D eigenvalue weighted by molar-refractivity contribution is 0.672. The lowest BCUT2D eigenvalue weighted by Crippen LogP contribution is -2.09. The number of rotatable bonds is 3. The SMILES string of the molecule is c1ccc(N(c2ccc3ccccc3c2)c2ccc3c(ccc4c5ccccc5oc34)c2)cc1. The zero-order valence-electron chi connectivity index (χ0n) is 18.5. The van der Waals surface area contributed by atoms with Crippen LogP contribution in [0.25, 0.3) is 43.5 Å². The molecule has 0 saturated carbocycles. The van der Waals surface area contributed by atoms with E-state index < -0.39 is 0 Å². The molecule has 2 nitrogen and oxygen atoms in total. The fourth-order valence-electron chi connectivity index (χ4n) is 4.98. The topological polar surface area (TPSA) is 16.4 Å². The first-order chi connectivity index (χ1) is 16.8. The molecule has 0 saturated heterocycles. The molecule has 0 amide bonds. The molecular formula is C32H21NO. The minimum absolute atomic E-state index is 0.927. The number of nitrogens with zero attached hydrogens (tertiary/aromatic N) is 1. The smallest absolute Gasteiger partial charge is 0.143 e. The molecule has 0 atom stereocenters. The lowest BCUT2D eigenvalue weighted by atomic mass is 10.0. The van der Waals surface area contributed by atoms with Gasteiger partial charge in [-0.15, -0.1) is 0 Å². The van der Waals surface area contributed by atoms with Crippen molar-refractivity contribution in [1.29, 1.82) is 0 Å². The van der Waals surface area contributed by atoms with Crippen LogP contribution < -0.4 is 4.90 Å². The van der Waals surface area contributed by atoms with Crippen molar-refractivity contribution in [2.75, 3.05) is 4.90 Å². The van der Waals surface area contributed by atoms with Crippen LogP contribution >= 0.6 is 0 Å². The summed E-state index contributed by atoms with van der Waals surface area (Å²) in [6.07, 6.45) is 0. The molecule has 2 heteroatoms. The van der Waals surface area contributed by atoms with E-state index in [2.05, 4.69) is 120 Å². The Labute approximate surface area is 197 Å². The molecule has 0 aliphatic rings. The standard InChI is InChI=1S/C32H21NO/c1-2-10-25(11-3-1)33(26-16-14-22-8-4-5-9-23(22)20-26)27-17-19-28-24(21-27)15-18-30-29-12-6-7-13-31(29)34-32(28)30/h1-21H. The minimum atomic E-state index is 0.927. The number of para-hydroxylation sites is 2. The largest absolute Gasteiger partial charge is 0.455 e. The van der Waals surface area contributed by atoms with Gasteiger partial charge in [0.1, 0.15) is 11.2 Å². The average molecular weight is 436 g/mol. The van der Waals surface area contributed by atoms with Crippen LogP contribution in [0.5, 0.6) is 0 Å². The van der Waals surface area contributed by atoms with Gasteiger partial charge in [0.05, 0.1) is 0 Å². The normalized spacial score (nSPS) is 11.5. The molecule has 7 aromatic rings. The molecule has 7 rings (SSSR count). The van der Waals surface area contributed by atoms with E-state index in [1.807, 2.05) is 12.1 Å². The molecule has 160 valence electrons. The van der Waals surface area contributed by atoms with Crippen molar-refractivity contribution in [2.24, 2.45) is 0 Å². The highest BCUT2D eigenvalue weighted by Gasteiger charge is 2.15. The second-order valence-corrected chi connectivity index (χ2v) is 8.65. The van der Waals surface area contributed by atoms with E-state index in [1.165, 1.54) is 10.8 Å². The quantitative estimate of drug-likeness (QED) is 0.275. The molecule has 6 aromatic carbocycles. The summed E-state index contributed by atoms with van der Waals surface area (Å²) in [6, 6.07) is 44.9. The van der Waals surface area contributed by atoms with E-state index in [1.54, 1.807) is 0 Å². The van der Waals surface area contributed by atoms with E-state index in [0.29, 0.717) is 0 Å². The van der Waals surface area contributed by atoms with Crippen LogP contribution in [0.1, 0.15) is 0 Å². The Bertz CT molecular complexity index is 1810. The molecule has 0 bridgehead atoms. The summed E-state index contributed by atoms with van der Waals surface area (Å²) < 4.78 is 6.27. The van der Waals surface area contributed by atoms with Gasteiger partial charge >= 0.3 is 0 Å². The third-order valence-electron chi connectivity index (χ3n) is 6.61. The van der Waals surface area contributed by atoms with Gasteiger partial charge < -0.3 is 9.32 Å². The highest BCUT2D eigenvalue weighted by atomic mass is 16.3. The number of anilines is 3. The molecule has 1 aromatic heterocycles. The molecule has 0 spiro atoms. The van der Waals surface area contributed by atoms with Crippen molar-refractivity contribution >= 4 is 60.5 Å². The maximum absolute atomic E-state index is 6.27. The van der Waals surface area contributed by atoms with Crippen LogP contribution in [0.15, 0.2) is 132 Å². The van der Waals surface area contributed by atoms with Crippen molar-refractivity contribution in [3.8, 4) is 0 Å². The molecular weight excluding hydrogens is 414 g/mol. The van der Waals surface area contributed by atoms with Gasteiger partial charge in [0.25, 0.3) is 0 Å². The third kappa shape index (κ3) is 2.96. The first-order valence-electron chi connectivity index (χ1n) is 11.5. The van der Waals surface area contributed by atoms with E-state index in [4.69, 9.17) is 4.42 Å². The van der Waals surface area contributed by atoms with Gasteiger partial charge in [-0.05, 0) is 70.8 Å². The van der Waals surface area contributed by atoms with Gasteiger partial charge in [-0.3, -0.25) is 0 Å². The van der Waals surface area contributed by atoms with Crippen LogP contribution in [0.3, 0.4) is 0 Å². The Kier molecular flexibility index (Phi) is 4.18. The Morgan fingerprint density at radius 3 is 1.94 bits per heavy atom. The summed E-state index contributed by atoms with van der Waals surface area (Å²) >= 11 is 0. The summed E-state index contributed by atoms with van der Waals surface area (Å²) in [5, 5.41) is 7.07. The summed E-state index contributed by atoms with van der Waals surface area (Å²) in [7, 11) is 0. The van der Waals surface area contributed by atoms with Crippen LogP contribution in [-0.2, 0) is 0 Å². The van der Waals surface area contributed by atoms with Crippen molar-refractivity contribution in [1.82, 2.24) is 0 Å². The lowest BCUT2D eigenvalue weighted by Gasteiger charge is -2.26. The highest BCUT2D eigenvalue weighted by molar-refractivity contribution is 6.15. The van der Waals surface area contributed by atoms with Gasteiger partial charge in [-0.2, -0.15) is 0 Å². The molecule has 0 fully saturated rings. The Hall–Kier alpha value is -4.56. The zero-order valence-corrected chi connectivity index (χ0v) is 18.5. The number of benzene rings is 6. The van der Waals surface area contributed by atoms with Gasteiger partial charge in [0.15, 0.2) is 0 Å². The second-order valence-electron chi connectivity index (χ2n) is 8.65. The van der Waals surface area contributed by atoms with Gasteiger partial charge in [0.2, 0.25) is 0 Å². The maximum Gasteiger partial charge on any atom is 0.143 e. The summed E-state index contributed by atoms with van der Waals surface area (Å²) in [6.45, 7) is 0. The molecule has 0 unspecified atom stereocenters. The summed E-state index contributed by atoms with van der Waals surface area (Å²) in [5.74, 6) is 0. The Balaban J connectivity index is 1.44. The van der Waals surface area contributed by atoms with Crippen molar-refractivity contribution in [3.05, 3.63) is 127 Å².